The highest BCUT2D eigenvalue weighted by molar-refractivity contribution is 7.89. The van der Waals surface area contributed by atoms with Crippen LogP contribution in [0.4, 0.5) is 21.8 Å². The smallest absolute Gasteiger partial charge is 0.243 e. The first-order valence-electron chi connectivity index (χ1n) is 10.0. The molecule has 0 bridgehead atoms. The number of halogens is 1. The van der Waals surface area contributed by atoms with Crippen LogP contribution in [0.15, 0.2) is 59.5 Å². The van der Waals surface area contributed by atoms with E-state index in [0.29, 0.717) is 32.1 Å². The average molecular weight is 442 g/mol. The van der Waals surface area contributed by atoms with Crippen molar-refractivity contribution >= 4 is 27.5 Å². The van der Waals surface area contributed by atoms with Gasteiger partial charge in [-0.3, -0.25) is 0 Å². The maximum Gasteiger partial charge on any atom is 0.243 e. The zero-order valence-electron chi connectivity index (χ0n) is 17.4. The first kappa shape index (κ1) is 21.2. The Kier molecular flexibility index (Phi) is 5.88. The highest BCUT2D eigenvalue weighted by Crippen LogP contribution is 2.23. The minimum Gasteiger partial charge on any atom is -0.354 e. The summed E-state index contributed by atoms with van der Waals surface area (Å²) in [5.74, 6) is 0.791. The van der Waals surface area contributed by atoms with Crippen LogP contribution < -0.4 is 10.2 Å². The Hall–Kier alpha value is -3.04. The van der Waals surface area contributed by atoms with E-state index in [2.05, 4.69) is 15.3 Å². The molecular weight excluding hydrogens is 417 g/mol. The van der Waals surface area contributed by atoms with Gasteiger partial charge in [0, 0.05) is 43.6 Å². The maximum absolute atomic E-state index is 13.1. The predicted octanol–water partition coefficient (Wildman–Crippen LogP) is 3.49. The third kappa shape index (κ3) is 4.83. The average Bonchev–Trinajstić information content (AvgIpc) is 2.75. The van der Waals surface area contributed by atoms with E-state index in [4.69, 9.17) is 0 Å². The van der Waals surface area contributed by atoms with Gasteiger partial charge in [-0.2, -0.15) is 9.29 Å². The van der Waals surface area contributed by atoms with Crippen LogP contribution in [-0.4, -0.2) is 48.9 Å². The minimum atomic E-state index is -3.65. The summed E-state index contributed by atoms with van der Waals surface area (Å²) in [7, 11) is -3.65. The molecule has 1 fully saturated rings. The highest BCUT2D eigenvalue weighted by Gasteiger charge is 2.29. The van der Waals surface area contributed by atoms with Crippen LogP contribution >= 0.6 is 0 Å². The number of nitrogens with zero attached hydrogens (tertiary/aromatic N) is 4. The molecule has 162 valence electrons. The number of aryl methyl sites for hydroxylation is 2. The summed E-state index contributed by atoms with van der Waals surface area (Å²) in [6.07, 6.45) is 0. The molecule has 1 aromatic heterocycles. The molecule has 0 spiro atoms. The van der Waals surface area contributed by atoms with Crippen molar-refractivity contribution in [3.8, 4) is 0 Å². The molecule has 1 aliphatic heterocycles. The third-order valence-electron chi connectivity index (χ3n) is 5.16. The molecule has 2 heterocycles. The number of benzene rings is 2. The summed E-state index contributed by atoms with van der Waals surface area (Å²) in [6.45, 7) is 5.58. The van der Waals surface area contributed by atoms with Crippen LogP contribution in [0.5, 0.6) is 0 Å². The first-order valence-corrected chi connectivity index (χ1v) is 11.5. The standard InChI is InChI=1S/C22H24FN5O2S/c1-16-3-7-19(8-4-16)25-22-24-17(2)15-21(26-22)27-11-13-28(14-12-27)31(29,30)20-9-5-18(23)6-10-20/h3-10,15H,11-14H2,1-2H3,(H,24,25,26). The van der Waals surface area contributed by atoms with Crippen molar-refractivity contribution in [2.75, 3.05) is 36.4 Å². The SMILES string of the molecule is Cc1ccc(Nc2nc(C)cc(N3CCN(S(=O)(=O)c4ccc(F)cc4)CC3)n2)cc1. The second-order valence-corrected chi connectivity index (χ2v) is 9.47. The number of nitrogens with one attached hydrogen (secondary N) is 1. The van der Waals surface area contributed by atoms with E-state index in [0.717, 1.165) is 29.3 Å². The molecule has 1 aliphatic rings. The van der Waals surface area contributed by atoms with E-state index in [-0.39, 0.29) is 4.90 Å². The Morgan fingerprint density at radius 3 is 2.19 bits per heavy atom. The molecule has 4 rings (SSSR count). The van der Waals surface area contributed by atoms with Gasteiger partial charge < -0.3 is 10.2 Å². The van der Waals surface area contributed by atoms with Crippen molar-refractivity contribution in [2.45, 2.75) is 18.7 Å². The molecule has 1 saturated heterocycles. The quantitative estimate of drug-likeness (QED) is 0.653. The van der Waals surface area contributed by atoms with E-state index in [1.807, 2.05) is 49.1 Å². The summed E-state index contributed by atoms with van der Waals surface area (Å²) in [5, 5.41) is 3.22. The Labute approximate surface area is 181 Å². The molecule has 9 heteroatoms. The second-order valence-electron chi connectivity index (χ2n) is 7.53. The summed E-state index contributed by atoms with van der Waals surface area (Å²) in [6, 6.07) is 14.8. The Morgan fingerprint density at radius 1 is 0.903 bits per heavy atom. The lowest BCUT2D eigenvalue weighted by atomic mass is 10.2. The highest BCUT2D eigenvalue weighted by atomic mass is 32.2. The number of anilines is 3. The van der Waals surface area contributed by atoms with E-state index >= 15 is 0 Å². The molecule has 31 heavy (non-hydrogen) atoms. The zero-order valence-corrected chi connectivity index (χ0v) is 18.2. The van der Waals surface area contributed by atoms with Gasteiger partial charge in [-0.25, -0.2) is 17.8 Å². The Bertz CT molecular complexity index is 1160. The molecule has 0 atom stereocenters. The Morgan fingerprint density at radius 2 is 1.55 bits per heavy atom. The molecule has 0 amide bonds. The van der Waals surface area contributed by atoms with Crippen LogP contribution in [0.2, 0.25) is 0 Å². The summed E-state index contributed by atoms with van der Waals surface area (Å²) in [5.41, 5.74) is 2.89. The fourth-order valence-electron chi connectivity index (χ4n) is 3.45. The lowest BCUT2D eigenvalue weighted by Crippen LogP contribution is -2.49. The van der Waals surface area contributed by atoms with Gasteiger partial charge in [-0.05, 0) is 50.2 Å². The van der Waals surface area contributed by atoms with E-state index < -0.39 is 15.8 Å². The normalized spacial score (nSPS) is 15.1. The summed E-state index contributed by atoms with van der Waals surface area (Å²) >= 11 is 0. The van der Waals surface area contributed by atoms with Gasteiger partial charge in [0.25, 0.3) is 0 Å². The number of sulfonamides is 1. The maximum atomic E-state index is 13.1. The van der Waals surface area contributed by atoms with Crippen LogP contribution in [0.3, 0.4) is 0 Å². The van der Waals surface area contributed by atoms with Gasteiger partial charge in [0.1, 0.15) is 11.6 Å². The van der Waals surface area contributed by atoms with E-state index in [1.165, 1.54) is 22.0 Å². The predicted molar refractivity (Wildman–Crippen MR) is 119 cm³/mol. The minimum absolute atomic E-state index is 0.102. The molecule has 0 unspecified atom stereocenters. The third-order valence-corrected chi connectivity index (χ3v) is 7.08. The largest absolute Gasteiger partial charge is 0.354 e. The topological polar surface area (TPSA) is 78.4 Å². The van der Waals surface area contributed by atoms with Crippen LogP contribution in [0, 0.1) is 19.7 Å². The fraction of sp³-hybridized carbons (Fsp3) is 0.273. The molecule has 0 radical (unpaired) electrons. The number of hydrogen-bond acceptors (Lipinski definition) is 6. The van der Waals surface area contributed by atoms with Crippen molar-refractivity contribution < 1.29 is 12.8 Å². The molecule has 7 nitrogen and oxygen atoms in total. The first-order chi connectivity index (χ1) is 14.8. The van der Waals surface area contributed by atoms with Crippen molar-refractivity contribution in [1.82, 2.24) is 14.3 Å². The lowest BCUT2D eigenvalue weighted by molar-refractivity contribution is 0.383. The summed E-state index contributed by atoms with van der Waals surface area (Å²) < 4.78 is 40.2. The molecule has 2 aromatic carbocycles. The van der Waals surface area contributed by atoms with E-state index in [9.17, 15) is 12.8 Å². The zero-order chi connectivity index (χ0) is 22.0. The van der Waals surface area contributed by atoms with Crippen LogP contribution in [-0.2, 0) is 10.0 Å². The van der Waals surface area contributed by atoms with Gasteiger partial charge >= 0.3 is 0 Å². The van der Waals surface area contributed by atoms with Crippen molar-refractivity contribution in [2.24, 2.45) is 0 Å². The van der Waals surface area contributed by atoms with Crippen LogP contribution in [0.1, 0.15) is 11.3 Å². The van der Waals surface area contributed by atoms with Gasteiger partial charge in [-0.1, -0.05) is 17.7 Å². The van der Waals surface area contributed by atoms with Crippen molar-refractivity contribution in [1.29, 1.82) is 0 Å². The van der Waals surface area contributed by atoms with Crippen LogP contribution in [0.25, 0.3) is 0 Å². The second kappa shape index (κ2) is 8.60. The van der Waals surface area contributed by atoms with Crippen molar-refractivity contribution in [3.05, 3.63) is 71.7 Å². The molecule has 0 aliphatic carbocycles. The van der Waals surface area contributed by atoms with Crippen molar-refractivity contribution in [3.63, 3.8) is 0 Å². The number of hydrogen-bond donors (Lipinski definition) is 1. The summed E-state index contributed by atoms with van der Waals surface area (Å²) in [4.78, 5) is 11.2. The number of piperazine rings is 1. The Balaban J connectivity index is 1.46. The lowest BCUT2D eigenvalue weighted by Gasteiger charge is -2.34. The van der Waals surface area contributed by atoms with Gasteiger partial charge in [0.15, 0.2) is 0 Å². The van der Waals surface area contributed by atoms with E-state index in [1.54, 1.807) is 0 Å². The molecule has 3 aromatic rings. The molecule has 0 saturated carbocycles. The number of rotatable bonds is 5. The monoisotopic (exact) mass is 441 g/mol. The molecular formula is C22H24FN5O2S. The van der Waals surface area contributed by atoms with Gasteiger partial charge in [0.2, 0.25) is 16.0 Å². The fourth-order valence-corrected chi connectivity index (χ4v) is 4.87. The van der Waals surface area contributed by atoms with Gasteiger partial charge in [-0.15, -0.1) is 0 Å². The number of aromatic nitrogens is 2. The van der Waals surface area contributed by atoms with Gasteiger partial charge in [0.05, 0.1) is 4.90 Å². The molecule has 1 N–H and O–H groups in total.